The molecule has 1 heterocycles. The predicted molar refractivity (Wildman–Crippen MR) is 100 cm³/mol. The highest BCUT2D eigenvalue weighted by atomic mass is 32.2. The van der Waals surface area contributed by atoms with E-state index in [9.17, 15) is 8.42 Å². The maximum atomic E-state index is 11.8. The molecule has 0 saturated carbocycles. The molecule has 0 radical (unpaired) electrons. The van der Waals surface area contributed by atoms with E-state index in [1.807, 2.05) is 43.1 Å². The lowest BCUT2D eigenvalue weighted by Crippen LogP contribution is -2.39. The van der Waals surface area contributed by atoms with Crippen LogP contribution in [0.5, 0.6) is 5.75 Å². The summed E-state index contributed by atoms with van der Waals surface area (Å²) in [6.45, 7) is 4.98. The lowest BCUT2D eigenvalue weighted by atomic mass is 10.2. The second-order valence-corrected chi connectivity index (χ2v) is 8.10. The number of nitrogens with zero attached hydrogens (tertiary/aromatic N) is 3. The van der Waals surface area contributed by atoms with Gasteiger partial charge in [-0.05, 0) is 31.0 Å². The molecular weight excluding hydrogens is 340 g/mol. The molecule has 7 nitrogen and oxygen atoms in total. The first-order chi connectivity index (χ1) is 12.0. The molecule has 0 bridgehead atoms. The van der Waals surface area contributed by atoms with Gasteiger partial charge in [-0.25, -0.2) is 12.7 Å². The van der Waals surface area contributed by atoms with Crippen molar-refractivity contribution in [1.29, 1.82) is 0 Å². The largest absolute Gasteiger partial charge is 0.497 e. The summed E-state index contributed by atoms with van der Waals surface area (Å²) in [4.78, 5) is 6.60. The second kappa shape index (κ2) is 9.05. The number of nitrogens with one attached hydrogen (secondary N) is 1. The van der Waals surface area contributed by atoms with E-state index < -0.39 is 10.0 Å². The fraction of sp³-hybridized carbons (Fsp3) is 0.588. The van der Waals surface area contributed by atoms with Crippen molar-refractivity contribution in [3.8, 4) is 5.75 Å². The standard InChI is InChI=1S/C17H28N4O3S/c1-4-18-17(19-10-12-21-11-5-13-25(21,22)23)20(2)14-15-6-8-16(24-3)9-7-15/h6-9H,4-5,10-14H2,1-3H3,(H,18,19). The van der Waals surface area contributed by atoms with Crippen LogP contribution >= 0.6 is 0 Å². The average Bonchev–Trinajstić information content (AvgIpc) is 2.93. The van der Waals surface area contributed by atoms with Gasteiger partial charge < -0.3 is 15.0 Å². The molecule has 0 unspecified atom stereocenters. The first-order valence-electron chi connectivity index (χ1n) is 8.56. The van der Waals surface area contributed by atoms with Crippen LogP contribution in [0.1, 0.15) is 18.9 Å². The minimum Gasteiger partial charge on any atom is -0.497 e. The zero-order valence-electron chi connectivity index (χ0n) is 15.2. The Balaban J connectivity index is 1.95. The van der Waals surface area contributed by atoms with Crippen molar-refractivity contribution in [3.05, 3.63) is 29.8 Å². The van der Waals surface area contributed by atoms with E-state index >= 15 is 0 Å². The van der Waals surface area contributed by atoms with Gasteiger partial charge in [0, 0.05) is 33.2 Å². The molecule has 8 heteroatoms. The van der Waals surface area contributed by atoms with Gasteiger partial charge in [0.2, 0.25) is 10.0 Å². The fourth-order valence-electron chi connectivity index (χ4n) is 2.76. The van der Waals surface area contributed by atoms with Gasteiger partial charge in [-0.2, -0.15) is 0 Å². The van der Waals surface area contributed by atoms with Gasteiger partial charge in [-0.3, -0.25) is 4.99 Å². The van der Waals surface area contributed by atoms with E-state index in [2.05, 4.69) is 10.3 Å². The molecule has 1 saturated heterocycles. The Morgan fingerprint density at radius 2 is 2.08 bits per heavy atom. The first kappa shape index (κ1) is 19.5. The quantitative estimate of drug-likeness (QED) is 0.577. The monoisotopic (exact) mass is 368 g/mol. The van der Waals surface area contributed by atoms with Crippen LogP contribution in [0.4, 0.5) is 0 Å². The van der Waals surface area contributed by atoms with Crippen LogP contribution in [0.15, 0.2) is 29.3 Å². The molecule has 1 aromatic carbocycles. The Hall–Kier alpha value is -1.80. The Kier molecular flexibility index (Phi) is 7.07. The summed E-state index contributed by atoms with van der Waals surface area (Å²) in [7, 11) is 0.566. The molecule has 0 aromatic heterocycles. The number of hydrogen-bond acceptors (Lipinski definition) is 4. The molecule has 1 fully saturated rings. The maximum Gasteiger partial charge on any atom is 0.214 e. The van der Waals surface area contributed by atoms with Crippen LogP contribution < -0.4 is 10.1 Å². The summed E-state index contributed by atoms with van der Waals surface area (Å²) in [5, 5.41) is 3.25. The number of rotatable bonds is 7. The molecular formula is C17H28N4O3S. The van der Waals surface area contributed by atoms with Gasteiger partial charge in [0.05, 0.1) is 19.4 Å². The fourth-order valence-corrected chi connectivity index (χ4v) is 4.28. The first-order valence-corrected chi connectivity index (χ1v) is 10.2. The third-order valence-corrected chi connectivity index (χ3v) is 6.05. The minimum atomic E-state index is -3.05. The number of sulfonamides is 1. The molecule has 1 aliphatic rings. The molecule has 2 rings (SSSR count). The maximum absolute atomic E-state index is 11.8. The van der Waals surface area contributed by atoms with Gasteiger partial charge in [0.1, 0.15) is 5.75 Å². The number of ether oxygens (including phenoxy) is 1. The van der Waals surface area contributed by atoms with E-state index in [4.69, 9.17) is 4.74 Å². The Morgan fingerprint density at radius 1 is 1.36 bits per heavy atom. The molecule has 0 amide bonds. The van der Waals surface area contributed by atoms with Crippen molar-refractivity contribution in [3.63, 3.8) is 0 Å². The van der Waals surface area contributed by atoms with Gasteiger partial charge in [0.25, 0.3) is 0 Å². The summed E-state index contributed by atoms with van der Waals surface area (Å²) >= 11 is 0. The van der Waals surface area contributed by atoms with Crippen molar-refractivity contribution >= 4 is 16.0 Å². The minimum absolute atomic E-state index is 0.258. The van der Waals surface area contributed by atoms with Crippen molar-refractivity contribution in [2.45, 2.75) is 19.9 Å². The number of hydrogen-bond donors (Lipinski definition) is 1. The van der Waals surface area contributed by atoms with Gasteiger partial charge in [0.15, 0.2) is 5.96 Å². The van der Waals surface area contributed by atoms with Crippen molar-refractivity contribution in [1.82, 2.24) is 14.5 Å². The van der Waals surface area contributed by atoms with E-state index in [-0.39, 0.29) is 5.75 Å². The molecule has 25 heavy (non-hydrogen) atoms. The van der Waals surface area contributed by atoms with Gasteiger partial charge in [-0.15, -0.1) is 0 Å². The molecule has 1 aliphatic heterocycles. The zero-order chi connectivity index (χ0) is 18.3. The van der Waals surface area contributed by atoms with Crippen LogP contribution in [0.2, 0.25) is 0 Å². The predicted octanol–water partition coefficient (Wildman–Crippen LogP) is 1.13. The summed E-state index contributed by atoms with van der Waals surface area (Å²) in [6, 6.07) is 7.92. The SMILES string of the molecule is CCNC(=NCCN1CCCS1(=O)=O)N(C)Cc1ccc(OC)cc1. The smallest absolute Gasteiger partial charge is 0.214 e. The summed E-state index contributed by atoms with van der Waals surface area (Å²) in [6.07, 6.45) is 0.712. The normalized spacial score (nSPS) is 17.5. The highest BCUT2D eigenvalue weighted by Crippen LogP contribution is 2.13. The molecule has 0 spiro atoms. The molecule has 140 valence electrons. The Morgan fingerprint density at radius 3 is 2.64 bits per heavy atom. The number of guanidine groups is 1. The van der Waals surface area contributed by atoms with Gasteiger partial charge >= 0.3 is 0 Å². The molecule has 0 atom stereocenters. The topological polar surface area (TPSA) is 74.2 Å². The lowest BCUT2D eigenvalue weighted by molar-refractivity contribution is 0.414. The van der Waals surface area contributed by atoms with Crippen molar-refractivity contribution in [2.24, 2.45) is 4.99 Å². The number of benzene rings is 1. The van der Waals surface area contributed by atoms with E-state index in [1.54, 1.807) is 7.11 Å². The summed E-state index contributed by atoms with van der Waals surface area (Å²) in [5.74, 6) is 1.86. The Bertz CT molecular complexity index is 674. The van der Waals surface area contributed by atoms with Crippen LogP contribution in [0.3, 0.4) is 0 Å². The summed E-state index contributed by atoms with van der Waals surface area (Å²) < 4.78 is 30.4. The average molecular weight is 369 g/mol. The molecule has 1 aromatic rings. The van der Waals surface area contributed by atoms with Crippen LogP contribution in [-0.4, -0.2) is 69.7 Å². The van der Waals surface area contributed by atoms with E-state index in [0.29, 0.717) is 32.6 Å². The second-order valence-electron chi connectivity index (χ2n) is 6.01. The highest BCUT2D eigenvalue weighted by Gasteiger charge is 2.27. The van der Waals surface area contributed by atoms with E-state index in [1.165, 1.54) is 4.31 Å². The van der Waals surface area contributed by atoms with Crippen molar-refractivity contribution in [2.75, 3.05) is 46.1 Å². The lowest BCUT2D eigenvalue weighted by Gasteiger charge is -2.22. The Labute approximate surface area is 150 Å². The van der Waals surface area contributed by atoms with Crippen LogP contribution in [0, 0.1) is 0 Å². The third-order valence-electron chi connectivity index (χ3n) is 4.09. The van der Waals surface area contributed by atoms with Crippen LogP contribution in [-0.2, 0) is 16.6 Å². The third kappa shape index (κ3) is 5.61. The number of methoxy groups -OCH3 is 1. The zero-order valence-corrected chi connectivity index (χ0v) is 16.1. The highest BCUT2D eigenvalue weighted by molar-refractivity contribution is 7.89. The van der Waals surface area contributed by atoms with Gasteiger partial charge in [-0.1, -0.05) is 12.1 Å². The number of aliphatic imine (C=N–C) groups is 1. The van der Waals surface area contributed by atoms with Crippen molar-refractivity contribution < 1.29 is 13.2 Å². The summed E-state index contributed by atoms with van der Waals surface area (Å²) in [5.41, 5.74) is 1.15. The molecule has 0 aliphatic carbocycles. The van der Waals surface area contributed by atoms with E-state index in [0.717, 1.165) is 23.8 Å². The van der Waals surface area contributed by atoms with Crippen LogP contribution in [0.25, 0.3) is 0 Å². The molecule has 1 N–H and O–H groups in total.